The molecule has 3 heterocycles. The first-order chi connectivity index (χ1) is 15.1. The number of aromatic nitrogens is 4. The van der Waals surface area contributed by atoms with Crippen molar-refractivity contribution in [2.24, 2.45) is 0 Å². The zero-order valence-corrected chi connectivity index (χ0v) is 20.7. The number of nitrogens with zero attached hydrogens (tertiary/aromatic N) is 3. The number of rotatable bonds is 13. The molecule has 0 aromatic carbocycles. The highest BCUT2D eigenvalue weighted by atomic mass is 32.2. The van der Waals surface area contributed by atoms with Crippen LogP contribution in [0.15, 0.2) is 21.8 Å². The van der Waals surface area contributed by atoms with Crippen molar-refractivity contribution in [2.75, 3.05) is 31.7 Å². The fraction of sp³-hybridized carbons (Fsp3) is 0.524. The lowest BCUT2D eigenvalue weighted by Crippen LogP contribution is -2.21. The van der Waals surface area contributed by atoms with Gasteiger partial charge in [-0.2, -0.15) is 0 Å². The Bertz CT molecular complexity index is 985. The van der Waals surface area contributed by atoms with Gasteiger partial charge < -0.3 is 10.6 Å². The van der Waals surface area contributed by atoms with Gasteiger partial charge >= 0.3 is 0 Å². The number of thiazole rings is 2. The minimum absolute atomic E-state index is 0.0912. The number of thioether (sulfide) groups is 1. The van der Waals surface area contributed by atoms with Crippen LogP contribution >= 0.6 is 34.4 Å². The smallest absolute Gasteiger partial charge is 0.257 e. The second-order valence-corrected chi connectivity index (χ2v) is 10.0. The third kappa shape index (κ3) is 6.86. The maximum atomic E-state index is 12.7. The maximum absolute atomic E-state index is 12.7. The van der Waals surface area contributed by atoms with E-state index in [-0.39, 0.29) is 10.8 Å². The third-order valence-electron chi connectivity index (χ3n) is 4.89. The second kappa shape index (κ2) is 12.3. The van der Waals surface area contributed by atoms with E-state index in [2.05, 4.69) is 31.0 Å². The van der Waals surface area contributed by atoms with Gasteiger partial charge in [0, 0.05) is 29.9 Å². The number of aromatic amines is 1. The monoisotopic (exact) mass is 478 g/mol. The summed E-state index contributed by atoms with van der Waals surface area (Å²) < 4.78 is 0. The Balaban J connectivity index is 1.47. The van der Waals surface area contributed by atoms with E-state index >= 15 is 0 Å². The SMILES string of the molecule is CNCCCc1nc(CCCCNc2nc(C)c(C(SC)c3nccs3)c(=O)[nH]2)cs1. The molecule has 1 atom stereocenters. The molecule has 0 amide bonds. The molecule has 1 unspecified atom stereocenters. The fourth-order valence-corrected chi connectivity index (χ4v) is 6.06. The van der Waals surface area contributed by atoms with Crippen LogP contribution < -0.4 is 16.2 Å². The summed E-state index contributed by atoms with van der Waals surface area (Å²) in [5.41, 5.74) is 2.51. The minimum Gasteiger partial charge on any atom is -0.356 e. The molecule has 3 aromatic heterocycles. The van der Waals surface area contributed by atoms with E-state index in [4.69, 9.17) is 4.98 Å². The number of aryl methyl sites for hydroxylation is 3. The fourth-order valence-electron chi connectivity index (χ4n) is 3.33. The molecule has 0 aliphatic rings. The summed E-state index contributed by atoms with van der Waals surface area (Å²) in [4.78, 5) is 29.3. The highest BCUT2D eigenvalue weighted by Crippen LogP contribution is 2.34. The van der Waals surface area contributed by atoms with Crippen LogP contribution in [-0.4, -0.2) is 46.3 Å². The van der Waals surface area contributed by atoms with Gasteiger partial charge in [0.15, 0.2) is 0 Å². The first-order valence-electron chi connectivity index (χ1n) is 10.5. The van der Waals surface area contributed by atoms with Crippen LogP contribution in [0.2, 0.25) is 0 Å². The van der Waals surface area contributed by atoms with Crippen LogP contribution in [0.5, 0.6) is 0 Å². The quantitative estimate of drug-likeness (QED) is 0.319. The average molecular weight is 479 g/mol. The van der Waals surface area contributed by atoms with Crippen molar-refractivity contribution in [2.45, 2.75) is 44.3 Å². The van der Waals surface area contributed by atoms with Crippen molar-refractivity contribution in [3.05, 3.63) is 54.3 Å². The zero-order valence-electron chi connectivity index (χ0n) is 18.2. The molecule has 0 saturated heterocycles. The van der Waals surface area contributed by atoms with Crippen LogP contribution in [0.1, 0.15) is 51.5 Å². The number of hydrogen-bond donors (Lipinski definition) is 3. The largest absolute Gasteiger partial charge is 0.356 e. The molecule has 0 radical (unpaired) electrons. The van der Waals surface area contributed by atoms with Crippen molar-refractivity contribution in [1.29, 1.82) is 0 Å². The molecule has 0 bridgehead atoms. The molecule has 3 aromatic rings. The molecule has 168 valence electrons. The van der Waals surface area contributed by atoms with Gasteiger partial charge in [-0.25, -0.2) is 15.0 Å². The van der Waals surface area contributed by atoms with E-state index in [0.717, 1.165) is 55.9 Å². The zero-order chi connectivity index (χ0) is 22.1. The molecule has 0 aliphatic heterocycles. The molecule has 3 N–H and O–H groups in total. The van der Waals surface area contributed by atoms with Gasteiger partial charge in [0.1, 0.15) is 5.01 Å². The number of hydrogen-bond acceptors (Lipinski definition) is 9. The summed E-state index contributed by atoms with van der Waals surface area (Å²) >= 11 is 4.92. The Morgan fingerprint density at radius 3 is 2.74 bits per heavy atom. The van der Waals surface area contributed by atoms with Gasteiger partial charge in [-0.3, -0.25) is 9.78 Å². The van der Waals surface area contributed by atoms with Crippen molar-refractivity contribution >= 4 is 40.4 Å². The summed E-state index contributed by atoms with van der Waals surface area (Å²) in [6.45, 7) is 3.68. The van der Waals surface area contributed by atoms with E-state index in [0.29, 0.717) is 11.5 Å². The normalized spacial score (nSPS) is 12.2. The Kier molecular flexibility index (Phi) is 9.51. The minimum atomic E-state index is -0.0992. The summed E-state index contributed by atoms with van der Waals surface area (Å²) in [5, 5.41) is 12.6. The van der Waals surface area contributed by atoms with Crippen LogP contribution in [0.25, 0.3) is 0 Å². The number of unbranched alkanes of at least 4 members (excludes halogenated alkanes) is 1. The van der Waals surface area contributed by atoms with Gasteiger partial charge in [0.05, 0.1) is 27.2 Å². The predicted octanol–water partition coefficient (Wildman–Crippen LogP) is 4.03. The van der Waals surface area contributed by atoms with Crippen molar-refractivity contribution in [3.8, 4) is 0 Å². The van der Waals surface area contributed by atoms with Crippen molar-refractivity contribution in [3.63, 3.8) is 0 Å². The maximum Gasteiger partial charge on any atom is 0.257 e. The molecule has 0 aliphatic carbocycles. The summed E-state index contributed by atoms with van der Waals surface area (Å²) in [7, 11) is 1.98. The van der Waals surface area contributed by atoms with Gasteiger partial charge in [-0.1, -0.05) is 0 Å². The molecular weight excluding hydrogens is 448 g/mol. The van der Waals surface area contributed by atoms with E-state index in [1.165, 1.54) is 10.7 Å². The number of anilines is 1. The summed E-state index contributed by atoms with van der Waals surface area (Å²) in [6, 6.07) is 0. The topological polar surface area (TPSA) is 95.6 Å². The highest BCUT2D eigenvalue weighted by molar-refractivity contribution is 7.99. The average Bonchev–Trinajstić information content (AvgIpc) is 3.43. The standard InChI is InChI=1S/C21H30N6OS3/c1-14-17(18(29-3)20-23-11-12-30-20)19(28)27-21(25-14)24-10-5-4-7-15-13-31-16(26-15)8-6-9-22-2/h11-13,18,22H,4-10H2,1-3H3,(H2,24,25,27,28). The van der Waals surface area contributed by atoms with Gasteiger partial charge in [-0.15, -0.1) is 34.4 Å². The lowest BCUT2D eigenvalue weighted by Gasteiger charge is -2.14. The van der Waals surface area contributed by atoms with E-state index in [1.807, 2.05) is 25.6 Å². The predicted molar refractivity (Wildman–Crippen MR) is 133 cm³/mol. The first-order valence-corrected chi connectivity index (χ1v) is 13.5. The Morgan fingerprint density at radius 1 is 1.16 bits per heavy atom. The first kappa shape index (κ1) is 23.9. The van der Waals surface area contributed by atoms with E-state index < -0.39 is 0 Å². The Hall–Kier alpha value is -1.75. The van der Waals surface area contributed by atoms with Gasteiger partial charge in [-0.05, 0) is 52.5 Å². The third-order valence-corrected chi connectivity index (χ3v) is 7.77. The van der Waals surface area contributed by atoms with Gasteiger partial charge in [0.25, 0.3) is 5.56 Å². The van der Waals surface area contributed by atoms with E-state index in [9.17, 15) is 4.79 Å². The van der Waals surface area contributed by atoms with Crippen LogP contribution in [0.4, 0.5) is 5.95 Å². The van der Waals surface area contributed by atoms with Crippen molar-refractivity contribution in [1.82, 2.24) is 25.3 Å². The summed E-state index contributed by atoms with van der Waals surface area (Å²) in [6.07, 6.45) is 8.95. The van der Waals surface area contributed by atoms with Gasteiger partial charge in [0.2, 0.25) is 5.95 Å². The number of H-pyrrole nitrogens is 1. The summed E-state index contributed by atoms with van der Waals surface area (Å²) in [5.74, 6) is 0.533. The molecular formula is C21H30N6OS3. The van der Waals surface area contributed by atoms with Crippen molar-refractivity contribution < 1.29 is 0 Å². The lowest BCUT2D eigenvalue weighted by atomic mass is 10.1. The van der Waals surface area contributed by atoms with Crippen LogP contribution in [-0.2, 0) is 12.8 Å². The lowest BCUT2D eigenvalue weighted by molar-refractivity contribution is 0.715. The van der Waals surface area contributed by atoms with Crippen LogP contribution in [0.3, 0.4) is 0 Å². The molecule has 10 heteroatoms. The Labute approximate surface area is 195 Å². The molecule has 3 rings (SSSR count). The molecule has 0 fully saturated rings. The second-order valence-electron chi connectivity index (χ2n) is 7.22. The number of nitrogens with one attached hydrogen (secondary N) is 3. The van der Waals surface area contributed by atoms with Crippen LogP contribution in [0, 0.1) is 6.92 Å². The molecule has 7 nitrogen and oxygen atoms in total. The van der Waals surface area contributed by atoms with E-state index in [1.54, 1.807) is 40.6 Å². The highest BCUT2D eigenvalue weighted by Gasteiger charge is 2.22. The molecule has 0 saturated carbocycles. The molecule has 0 spiro atoms. The molecule has 31 heavy (non-hydrogen) atoms. The Morgan fingerprint density at radius 2 is 2.03 bits per heavy atom.